The topological polar surface area (TPSA) is 97.7 Å². The van der Waals surface area contributed by atoms with Crippen LogP contribution in [0.2, 0.25) is 0 Å². The fourth-order valence-corrected chi connectivity index (χ4v) is 3.46. The third kappa shape index (κ3) is 15.7. The van der Waals surface area contributed by atoms with Crippen LogP contribution in [-0.4, -0.2) is 99.9 Å². The van der Waals surface area contributed by atoms with Crippen LogP contribution in [0.4, 0.5) is 0 Å². The second kappa shape index (κ2) is 20.2. The van der Waals surface area contributed by atoms with Crippen LogP contribution in [0.15, 0.2) is 29.3 Å². The molecule has 1 aromatic rings. The van der Waals surface area contributed by atoms with Crippen molar-refractivity contribution in [3.05, 3.63) is 29.8 Å². The molecule has 0 aromatic heterocycles. The number of aliphatic imine (C=N–C) groups is 1. The number of ketones is 1. The molecule has 0 unspecified atom stereocenters. The van der Waals surface area contributed by atoms with Gasteiger partial charge in [0.25, 0.3) is 0 Å². The Kier molecular flexibility index (Phi) is 17.8. The molecule has 2 amide bonds. The minimum atomic E-state index is -0.114. The van der Waals surface area contributed by atoms with Crippen LogP contribution in [0.3, 0.4) is 0 Å². The van der Waals surface area contributed by atoms with Gasteiger partial charge in [-0.1, -0.05) is 27.7 Å². The molecule has 0 aliphatic rings. The first-order chi connectivity index (χ1) is 19.0. The standard InChI is InChI=1S/C31H51N3O6/c1-24(2)14-19-38-21-22-39-20-15-30(36)33(6)16-17-34(7)31(37)23-32-26(5)27-10-12-28(13-11-27)40-18-8-9-29(35)25(3)4/h10-13,24-25H,8-9,14-23H2,1-7H3. The Labute approximate surface area is 241 Å². The maximum absolute atomic E-state index is 12.5. The number of hydrogen-bond donors (Lipinski definition) is 0. The van der Waals surface area contributed by atoms with E-state index in [0.29, 0.717) is 64.7 Å². The van der Waals surface area contributed by atoms with Crippen LogP contribution < -0.4 is 4.74 Å². The van der Waals surface area contributed by atoms with Gasteiger partial charge in [-0.2, -0.15) is 0 Å². The molecule has 0 saturated carbocycles. The van der Waals surface area contributed by atoms with Crippen molar-refractivity contribution in [2.75, 3.05) is 66.8 Å². The summed E-state index contributed by atoms with van der Waals surface area (Å²) in [5.41, 5.74) is 1.67. The molecule has 0 bridgehead atoms. The molecule has 40 heavy (non-hydrogen) atoms. The van der Waals surface area contributed by atoms with Crippen molar-refractivity contribution in [3.8, 4) is 5.75 Å². The Morgan fingerprint density at radius 2 is 1.40 bits per heavy atom. The molecule has 0 spiro atoms. The normalized spacial score (nSPS) is 11.7. The van der Waals surface area contributed by atoms with E-state index >= 15 is 0 Å². The van der Waals surface area contributed by atoms with Gasteiger partial charge in [-0.05, 0) is 55.5 Å². The number of Topliss-reactive ketones (excluding diaryl/α,β-unsaturated/α-hetero) is 1. The summed E-state index contributed by atoms with van der Waals surface area (Å²) in [6.07, 6.45) is 2.55. The highest BCUT2D eigenvalue weighted by Crippen LogP contribution is 2.14. The van der Waals surface area contributed by atoms with Gasteiger partial charge in [-0.3, -0.25) is 19.4 Å². The highest BCUT2D eigenvalue weighted by Gasteiger charge is 2.13. The lowest BCUT2D eigenvalue weighted by Crippen LogP contribution is -2.38. The molecular weight excluding hydrogens is 510 g/mol. The zero-order valence-electron chi connectivity index (χ0n) is 25.7. The van der Waals surface area contributed by atoms with Crippen molar-refractivity contribution < 1.29 is 28.6 Å². The van der Waals surface area contributed by atoms with E-state index in [1.54, 1.807) is 23.9 Å². The molecule has 0 atom stereocenters. The average molecular weight is 562 g/mol. The van der Waals surface area contributed by atoms with Gasteiger partial charge < -0.3 is 24.0 Å². The molecule has 0 N–H and O–H groups in total. The van der Waals surface area contributed by atoms with Crippen LogP contribution in [0.25, 0.3) is 0 Å². The number of carbonyl (C=O) groups excluding carboxylic acids is 3. The average Bonchev–Trinajstić information content (AvgIpc) is 2.93. The van der Waals surface area contributed by atoms with Crippen molar-refractivity contribution in [2.45, 2.75) is 60.3 Å². The predicted molar refractivity (Wildman–Crippen MR) is 159 cm³/mol. The lowest BCUT2D eigenvalue weighted by Gasteiger charge is -2.22. The Morgan fingerprint density at radius 1 is 0.800 bits per heavy atom. The second-order valence-electron chi connectivity index (χ2n) is 10.8. The van der Waals surface area contributed by atoms with Crippen molar-refractivity contribution >= 4 is 23.3 Å². The summed E-state index contributed by atoms with van der Waals surface area (Å²) in [6, 6.07) is 7.55. The number of likely N-dealkylation sites (N-methyl/N-ethyl adjacent to an activating group) is 2. The molecule has 0 fully saturated rings. The molecule has 9 nitrogen and oxygen atoms in total. The first-order valence-corrected chi connectivity index (χ1v) is 14.4. The predicted octanol–water partition coefficient (Wildman–Crippen LogP) is 4.27. The highest BCUT2D eigenvalue weighted by atomic mass is 16.5. The smallest absolute Gasteiger partial charge is 0.244 e. The van der Waals surface area contributed by atoms with Crippen molar-refractivity contribution in [3.63, 3.8) is 0 Å². The van der Waals surface area contributed by atoms with E-state index in [1.807, 2.05) is 45.0 Å². The number of benzene rings is 1. The van der Waals surface area contributed by atoms with Crippen molar-refractivity contribution in [2.24, 2.45) is 16.8 Å². The third-order valence-corrected chi connectivity index (χ3v) is 6.50. The minimum Gasteiger partial charge on any atom is -0.494 e. The van der Waals surface area contributed by atoms with Crippen molar-refractivity contribution in [1.29, 1.82) is 0 Å². The number of nitrogens with zero attached hydrogens (tertiary/aromatic N) is 3. The van der Waals surface area contributed by atoms with Gasteiger partial charge in [-0.15, -0.1) is 0 Å². The SMILES string of the molecule is CC(=NCC(=O)N(C)CCN(C)C(=O)CCOCCOCCC(C)C)c1ccc(OCCCC(=O)C(C)C)cc1. The molecule has 1 aromatic carbocycles. The van der Waals surface area contributed by atoms with E-state index in [4.69, 9.17) is 14.2 Å². The van der Waals surface area contributed by atoms with Crippen molar-refractivity contribution in [1.82, 2.24) is 9.80 Å². The molecule has 9 heteroatoms. The van der Waals surface area contributed by atoms with E-state index in [2.05, 4.69) is 18.8 Å². The third-order valence-electron chi connectivity index (χ3n) is 6.50. The van der Waals surface area contributed by atoms with Crippen LogP contribution >= 0.6 is 0 Å². The Morgan fingerprint density at radius 3 is 2.00 bits per heavy atom. The van der Waals surface area contributed by atoms with Crippen LogP contribution in [0.1, 0.15) is 65.9 Å². The summed E-state index contributed by atoms with van der Waals surface area (Å²) in [7, 11) is 3.45. The van der Waals surface area contributed by atoms with Gasteiger partial charge in [0, 0.05) is 51.8 Å². The summed E-state index contributed by atoms with van der Waals surface area (Å²) in [4.78, 5) is 44.2. The number of hydrogen-bond acceptors (Lipinski definition) is 7. The van der Waals surface area contributed by atoms with E-state index in [1.165, 1.54) is 0 Å². The Balaban J connectivity index is 2.29. The van der Waals surface area contributed by atoms with E-state index < -0.39 is 0 Å². The van der Waals surface area contributed by atoms with Crippen LogP contribution in [-0.2, 0) is 23.9 Å². The Bertz CT molecular complexity index is 914. The van der Waals surface area contributed by atoms with Gasteiger partial charge in [0.05, 0.1) is 32.8 Å². The second-order valence-corrected chi connectivity index (χ2v) is 10.8. The van der Waals surface area contributed by atoms with E-state index in [9.17, 15) is 14.4 Å². The number of rotatable bonds is 21. The molecule has 1 rings (SSSR count). The number of carbonyl (C=O) groups is 3. The fraction of sp³-hybridized carbons (Fsp3) is 0.677. The summed E-state index contributed by atoms with van der Waals surface area (Å²) in [6.45, 7) is 13.5. The molecule has 0 heterocycles. The monoisotopic (exact) mass is 561 g/mol. The van der Waals surface area contributed by atoms with Crippen LogP contribution in [0.5, 0.6) is 5.75 Å². The van der Waals surface area contributed by atoms with Gasteiger partial charge in [0.1, 0.15) is 18.1 Å². The number of amides is 2. The summed E-state index contributed by atoms with van der Waals surface area (Å²) < 4.78 is 16.7. The Hall–Kier alpha value is -2.78. The largest absolute Gasteiger partial charge is 0.494 e. The minimum absolute atomic E-state index is 0.0214. The molecular formula is C31H51N3O6. The maximum atomic E-state index is 12.5. The van der Waals surface area contributed by atoms with Gasteiger partial charge in [0.15, 0.2) is 0 Å². The zero-order valence-corrected chi connectivity index (χ0v) is 25.7. The number of ether oxygens (including phenoxy) is 3. The lowest BCUT2D eigenvalue weighted by molar-refractivity contribution is -0.133. The molecule has 0 aliphatic carbocycles. The van der Waals surface area contributed by atoms with Crippen LogP contribution in [0, 0.1) is 11.8 Å². The first kappa shape index (κ1) is 35.2. The maximum Gasteiger partial charge on any atom is 0.244 e. The summed E-state index contributed by atoms with van der Waals surface area (Å²) in [5.74, 6) is 1.53. The zero-order chi connectivity index (χ0) is 29.9. The van der Waals surface area contributed by atoms with Gasteiger partial charge in [-0.25, -0.2) is 0 Å². The first-order valence-electron chi connectivity index (χ1n) is 14.4. The summed E-state index contributed by atoms with van der Waals surface area (Å²) in [5, 5.41) is 0. The summed E-state index contributed by atoms with van der Waals surface area (Å²) >= 11 is 0. The molecule has 226 valence electrons. The van der Waals surface area contributed by atoms with Gasteiger partial charge >= 0.3 is 0 Å². The molecule has 0 saturated heterocycles. The highest BCUT2D eigenvalue weighted by molar-refractivity contribution is 5.99. The molecule has 0 radical (unpaired) electrons. The quantitative estimate of drug-likeness (QED) is 0.164. The van der Waals surface area contributed by atoms with E-state index in [0.717, 1.165) is 30.1 Å². The lowest BCUT2D eigenvalue weighted by atomic mass is 10.1. The fourth-order valence-electron chi connectivity index (χ4n) is 3.46. The van der Waals surface area contributed by atoms with Gasteiger partial charge in [0.2, 0.25) is 11.8 Å². The van der Waals surface area contributed by atoms with E-state index in [-0.39, 0.29) is 30.1 Å². The molecule has 0 aliphatic heterocycles.